The lowest BCUT2D eigenvalue weighted by Gasteiger charge is -2.61. The third-order valence-electron chi connectivity index (χ3n) is 4.15. The first-order chi connectivity index (χ1) is 7.23. The molecule has 0 aromatic heterocycles. The van der Waals surface area contributed by atoms with Crippen LogP contribution in [0, 0.1) is 0 Å². The molecule has 0 aromatic rings. The van der Waals surface area contributed by atoms with Crippen LogP contribution in [-0.2, 0) is 0 Å². The second-order valence-electron chi connectivity index (χ2n) is 8.18. The summed E-state index contributed by atoms with van der Waals surface area (Å²) in [6.45, 7) is 21.9. The minimum atomic E-state index is -1.63. The molecule has 1 unspecified atom stereocenters. The van der Waals surface area contributed by atoms with E-state index in [0.717, 1.165) is 5.33 Å². The molecule has 0 rings (SSSR count). The summed E-state index contributed by atoms with van der Waals surface area (Å²) in [5.74, 6) is 0. The van der Waals surface area contributed by atoms with E-state index in [0.29, 0.717) is 19.6 Å². The Hall–Kier alpha value is 1.18. The van der Waals surface area contributed by atoms with Crippen LogP contribution in [-0.4, -0.2) is 17.9 Å². The van der Waals surface area contributed by atoms with Gasteiger partial charge in [-0.3, -0.25) is 0 Å². The van der Waals surface area contributed by atoms with Crippen molar-refractivity contribution in [1.82, 2.24) is 0 Å². The van der Waals surface area contributed by atoms with Gasteiger partial charge in [-0.05, 0) is 15.1 Å². The molecule has 17 heavy (non-hydrogen) atoms. The Morgan fingerprint density at radius 2 is 1.00 bits per heavy atom. The minimum absolute atomic E-state index is 0.367. The van der Waals surface area contributed by atoms with Gasteiger partial charge in [0.15, 0.2) is 0 Å². The lowest BCUT2D eigenvalue weighted by atomic mass is 10.2. The van der Waals surface area contributed by atoms with Gasteiger partial charge in [0.1, 0.15) is 0 Å². The fourth-order valence-electron chi connectivity index (χ4n) is 4.90. The highest BCUT2D eigenvalue weighted by Gasteiger charge is 2.62. The van der Waals surface area contributed by atoms with Crippen LogP contribution >= 0.6 is 31.9 Å². The van der Waals surface area contributed by atoms with Crippen molar-refractivity contribution in [2.45, 2.75) is 81.9 Å². The SMILES string of the molecule is CC(C)(C)[Si](C(Br)CBr)(C(C)(C)C)C(C)(C)C. The van der Waals surface area contributed by atoms with Crippen molar-refractivity contribution in [3.63, 3.8) is 0 Å². The van der Waals surface area contributed by atoms with E-state index < -0.39 is 8.07 Å². The van der Waals surface area contributed by atoms with E-state index in [4.69, 9.17) is 0 Å². The summed E-state index contributed by atoms with van der Waals surface area (Å²) in [5.41, 5.74) is 0. The maximum Gasteiger partial charge on any atom is 0.0856 e. The second kappa shape index (κ2) is 5.28. The summed E-state index contributed by atoms with van der Waals surface area (Å²) in [6.07, 6.45) is 0. The molecule has 0 aliphatic carbocycles. The standard InChI is InChI=1S/C14H30Br2Si/c1-12(2,3)17(11(16)10-15,13(4,5)6)14(7,8)9/h11H,10H2,1-9H3. The third-order valence-corrected chi connectivity index (χ3v) is 16.9. The molecule has 0 aliphatic heterocycles. The molecule has 0 bridgehead atoms. The Morgan fingerprint density at radius 1 is 0.765 bits per heavy atom. The van der Waals surface area contributed by atoms with Gasteiger partial charge in [0, 0.05) is 9.78 Å². The smallest absolute Gasteiger partial charge is 0.0856 e. The predicted octanol–water partition coefficient (Wildman–Crippen LogP) is 6.53. The second-order valence-corrected chi connectivity index (χ2v) is 17.6. The molecule has 0 fully saturated rings. The van der Waals surface area contributed by atoms with Crippen LogP contribution in [0.25, 0.3) is 0 Å². The zero-order chi connectivity index (χ0) is 14.3. The normalized spacial score (nSPS) is 17.1. The van der Waals surface area contributed by atoms with Crippen molar-refractivity contribution in [3.8, 4) is 0 Å². The highest BCUT2D eigenvalue weighted by Crippen LogP contribution is 2.64. The van der Waals surface area contributed by atoms with Crippen LogP contribution in [0.3, 0.4) is 0 Å². The topological polar surface area (TPSA) is 0 Å². The lowest BCUT2D eigenvalue weighted by Crippen LogP contribution is -2.65. The Kier molecular flexibility index (Phi) is 5.65. The van der Waals surface area contributed by atoms with Crippen molar-refractivity contribution in [3.05, 3.63) is 0 Å². The molecule has 0 aliphatic rings. The van der Waals surface area contributed by atoms with E-state index in [1.807, 2.05) is 0 Å². The molecule has 0 saturated heterocycles. The number of hydrogen-bond donors (Lipinski definition) is 0. The number of hydrogen-bond acceptors (Lipinski definition) is 0. The monoisotopic (exact) mass is 384 g/mol. The Labute approximate surface area is 127 Å². The number of alkyl halides is 2. The highest BCUT2D eigenvalue weighted by atomic mass is 79.9. The van der Waals surface area contributed by atoms with E-state index in [9.17, 15) is 0 Å². The molecule has 0 heterocycles. The minimum Gasteiger partial charge on any atom is -0.0919 e. The molecule has 0 amide bonds. The van der Waals surface area contributed by atoms with E-state index in [2.05, 4.69) is 94.2 Å². The summed E-state index contributed by atoms with van der Waals surface area (Å²) in [4.78, 5) is 0. The number of rotatable bonds is 2. The van der Waals surface area contributed by atoms with Gasteiger partial charge in [0.05, 0.1) is 8.07 Å². The molecule has 0 radical (unpaired) electrons. The summed E-state index contributed by atoms with van der Waals surface area (Å²) in [5, 5.41) is 2.15. The van der Waals surface area contributed by atoms with E-state index in [-0.39, 0.29) is 0 Å². The van der Waals surface area contributed by atoms with E-state index >= 15 is 0 Å². The first kappa shape index (κ1) is 18.2. The van der Waals surface area contributed by atoms with Crippen LogP contribution in [0.1, 0.15) is 62.3 Å². The molecule has 0 N–H and O–H groups in total. The van der Waals surface area contributed by atoms with Gasteiger partial charge in [-0.25, -0.2) is 0 Å². The molecular formula is C14H30Br2Si. The fraction of sp³-hybridized carbons (Fsp3) is 1.00. The maximum atomic E-state index is 4.02. The molecule has 104 valence electrons. The molecule has 0 saturated carbocycles. The highest BCUT2D eigenvalue weighted by molar-refractivity contribution is 9.12. The average Bonchev–Trinajstić information content (AvgIpc) is 1.95. The predicted molar refractivity (Wildman–Crippen MR) is 91.4 cm³/mol. The summed E-state index contributed by atoms with van der Waals surface area (Å²) >= 11 is 7.74. The zero-order valence-corrected chi connectivity index (χ0v) is 17.2. The van der Waals surface area contributed by atoms with Crippen molar-refractivity contribution in [1.29, 1.82) is 0 Å². The zero-order valence-electron chi connectivity index (χ0n) is 13.0. The van der Waals surface area contributed by atoms with Crippen LogP contribution in [0.15, 0.2) is 0 Å². The van der Waals surface area contributed by atoms with Gasteiger partial charge in [-0.2, -0.15) is 0 Å². The van der Waals surface area contributed by atoms with Crippen LogP contribution in [0.2, 0.25) is 15.1 Å². The Morgan fingerprint density at radius 3 is 1.06 bits per heavy atom. The van der Waals surface area contributed by atoms with Gasteiger partial charge in [-0.15, -0.1) is 0 Å². The summed E-state index contributed by atoms with van der Waals surface area (Å²) < 4.78 is 0.593. The summed E-state index contributed by atoms with van der Waals surface area (Å²) in [6, 6.07) is 0. The van der Waals surface area contributed by atoms with E-state index in [1.165, 1.54) is 0 Å². The maximum absolute atomic E-state index is 4.02. The van der Waals surface area contributed by atoms with Gasteiger partial charge >= 0.3 is 0 Å². The van der Waals surface area contributed by atoms with Crippen molar-refractivity contribution in [2.75, 3.05) is 5.33 Å². The Balaban J connectivity index is 6.13. The van der Waals surface area contributed by atoms with Crippen molar-refractivity contribution in [2.24, 2.45) is 0 Å². The molecule has 3 heteroatoms. The Bertz CT molecular complexity index is 217. The third kappa shape index (κ3) is 3.02. The molecule has 1 atom stereocenters. The first-order valence-electron chi connectivity index (χ1n) is 6.43. The quantitative estimate of drug-likeness (QED) is 0.374. The molecular weight excluding hydrogens is 356 g/mol. The summed E-state index contributed by atoms with van der Waals surface area (Å²) in [7, 11) is -1.63. The van der Waals surface area contributed by atoms with Crippen molar-refractivity contribution >= 4 is 39.9 Å². The number of halogens is 2. The molecule has 0 spiro atoms. The van der Waals surface area contributed by atoms with Crippen LogP contribution < -0.4 is 0 Å². The van der Waals surface area contributed by atoms with Gasteiger partial charge in [0.25, 0.3) is 0 Å². The average molecular weight is 386 g/mol. The van der Waals surface area contributed by atoms with Crippen LogP contribution in [0.4, 0.5) is 0 Å². The van der Waals surface area contributed by atoms with Gasteiger partial charge in [0.2, 0.25) is 0 Å². The fourth-order valence-corrected chi connectivity index (χ4v) is 22.3. The van der Waals surface area contributed by atoms with Gasteiger partial charge < -0.3 is 0 Å². The molecule has 0 nitrogen and oxygen atoms in total. The van der Waals surface area contributed by atoms with Crippen LogP contribution in [0.5, 0.6) is 0 Å². The molecule has 0 aromatic carbocycles. The first-order valence-corrected chi connectivity index (χ1v) is 10.5. The van der Waals surface area contributed by atoms with Gasteiger partial charge in [-0.1, -0.05) is 94.2 Å². The largest absolute Gasteiger partial charge is 0.0919 e. The van der Waals surface area contributed by atoms with E-state index in [1.54, 1.807) is 0 Å². The lowest BCUT2D eigenvalue weighted by molar-refractivity contribution is 0.527. The van der Waals surface area contributed by atoms with Crippen molar-refractivity contribution < 1.29 is 0 Å².